The molecule has 1 aliphatic carbocycles. The first kappa shape index (κ1) is 11.1. The number of rotatable bonds is 0. The van der Waals surface area contributed by atoms with Crippen LogP contribution >= 0.6 is 11.6 Å². The van der Waals surface area contributed by atoms with E-state index < -0.39 is 17.4 Å². The van der Waals surface area contributed by atoms with Crippen LogP contribution in [0.4, 0.5) is 4.39 Å². The number of benzene rings is 2. The summed E-state index contributed by atoms with van der Waals surface area (Å²) in [4.78, 5) is 24.4. The Balaban J connectivity index is 2.41. The average molecular weight is 261 g/mol. The second-order valence-corrected chi connectivity index (χ2v) is 4.39. The van der Waals surface area contributed by atoms with Gasteiger partial charge in [-0.1, -0.05) is 35.9 Å². The molecular formula is C14H6ClFO2. The molecule has 0 saturated heterocycles. The number of ketones is 2. The van der Waals surface area contributed by atoms with Crippen LogP contribution in [-0.4, -0.2) is 11.6 Å². The van der Waals surface area contributed by atoms with Crippen LogP contribution in [0.5, 0.6) is 0 Å². The highest BCUT2D eigenvalue weighted by Gasteiger charge is 2.33. The summed E-state index contributed by atoms with van der Waals surface area (Å²) in [5.74, 6) is -1.63. The summed E-state index contributed by atoms with van der Waals surface area (Å²) in [6, 6.07) is 8.73. The van der Waals surface area contributed by atoms with Crippen LogP contribution in [0.15, 0.2) is 36.4 Å². The van der Waals surface area contributed by atoms with Crippen molar-refractivity contribution in [3.05, 3.63) is 69.5 Å². The molecule has 0 heterocycles. The van der Waals surface area contributed by atoms with Crippen molar-refractivity contribution in [3.8, 4) is 0 Å². The third kappa shape index (κ3) is 1.34. The third-order valence-corrected chi connectivity index (χ3v) is 3.29. The van der Waals surface area contributed by atoms with Crippen molar-refractivity contribution in [2.45, 2.75) is 0 Å². The van der Waals surface area contributed by atoms with Gasteiger partial charge in [0.15, 0.2) is 11.6 Å². The highest BCUT2D eigenvalue weighted by Crippen LogP contribution is 2.33. The van der Waals surface area contributed by atoms with Crippen molar-refractivity contribution in [2.75, 3.05) is 0 Å². The molecule has 0 saturated carbocycles. The van der Waals surface area contributed by atoms with E-state index in [9.17, 15) is 14.0 Å². The lowest BCUT2D eigenvalue weighted by Gasteiger charge is -2.18. The summed E-state index contributed by atoms with van der Waals surface area (Å²) in [6.07, 6.45) is 0. The number of halogens is 2. The van der Waals surface area contributed by atoms with Gasteiger partial charge in [0.05, 0.1) is 16.1 Å². The van der Waals surface area contributed by atoms with E-state index in [1.54, 1.807) is 18.2 Å². The summed E-state index contributed by atoms with van der Waals surface area (Å²) in [5.41, 5.74) is 0.213. The first-order valence-electron chi connectivity index (χ1n) is 5.27. The number of hydrogen-bond donors (Lipinski definition) is 0. The monoisotopic (exact) mass is 260 g/mol. The highest BCUT2D eigenvalue weighted by atomic mass is 35.5. The van der Waals surface area contributed by atoms with E-state index >= 15 is 0 Å². The summed E-state index contributed by atoms with van der Waals surface area (Å²) in [7, 11) is 0. The van der Waals surface area contributed by atoms with Crippen LogP contribution in [-0.2, 0) is 0 Å². The first-order chi connectivity index (χ1) is 8.61. The quantitative estimate of drug-likeness (QED) is 0.622. The summed E-state index contributed by atoms with van der Waals surface area (Å²) >= 11 is 5.90. The van der Waals surface area contributed by atoms with Crippen molar-refractivity contribution in [1.29, 1.82) is 0 Å². The van der Waals surface area contributed by atoms with Gasteiger partial charge in [0.1, 0.15) is 5.82 Å². The van der Waals surface area contributed by atoms with Crippen LogP contribution in [0.3, 0.4) is 0 Å². The SMILES string of the molecule is O=C1c2ccccc2C(=O)c2c(Cl)ccc(F)c21. The Morgan fingerprint density at radius 1 is 0.833 bits per heavy atom. The Morgan fingerprint density at radius 2 is 1.39 bits per heavy atom. The van der Waals surface area contributed by atoms with Gasteiger partial charge < -0.3 is 0 Å². The predicted molar refractivity (Wildman–Crippen MR) is 64.7 cm³/mol. The second-order valence-electron chi connectivity index (χ2n) is 3.98. The molecule has 0 spiro atoms. The molecule has 2 aromatic carbocycles. The molecule has 0 amide bonds. The van der Waals surface area contributed by atoms with E-state index in [4.69, 9.17) is 11.6 Å². The third-order valence-electron chi connectivity index (χ3n) is 2.97. The number of carbonyl (C=O) groups is 2. The van der Waals surface area contributed by atoms with Gasteiger partial charge in [-0.15, -0.1) is 0 Å². The number of carbonyl (C=O) groups excluding carboxylic acids is 2. The molecule has 0 N–H and O–H groups in total. The molecule has 2 aromatic rings. The summed E-state index contributed by atoms with van der Waals surface area (Å²) in [6.45, 7) is 0. The van der Waals surface area contributed by atoms with Crippen LogP contribution in [0, 0.1) is 5.82 Å². The smallest absolute Gasteiger partial charge is 0.197 e. The molecule has 0 fully saturated rings. The maximum absolute atomic E-state index is 13.7. The minimum Gasteiger partial charge on any atom is -0.289 e. The van der Waals surface area contributed by atoms with Crippen LogP contribution in [0.2, 0.25) is 5.02 Å². The molecule has 0 unspecified atom stereocenters. The van der Waals surface area contributed by atoms with E-state index in [0.717, 1.165) is 6.07 Å². The van der Waals surface area contributed by atoms with E-state index in [1.807, 2.05) is 0 Å². The molecule has 0 aromatic heterocycles. The van der Waals surface area contributed by atoms with Crippen LogP contribution in [0.1, 0.15) is 31.8 Å². The molecular weight excluding hydrogens is 255 g/mol. The molecule has 1 aliphatic rings. The zero-order valence-corrected chi connectivity index (χ0v) is 9.79. The lowest BCUT2D eigenvalue weighted by Crippen LogP contribution is -2.22. The normalized spacial score (nSPS) is 13.2. The largest absolute Gasteiger partial charge is 0.289 e. The molecule has 0 atom stereocenters. The van der Waals surface area contributed by atoms with Gasteiger partial charge in [-0.25, -0.2) is 4.39 Å². The highest BCUT2D eigenvalue weighted by molar-refractivity contribution is 6.39. The average Bonchev–Trinajstić information content (AvgIpc) is 2.38. The first-order valence-corrected chi connectivity index (χ1v) is 5.65. The van der Waals surface area contributed by atoms with Crippen molar-refractivity contribution >= 4 is 23.2 Å². The maximum atomic E-state index is 13.7. The number of fused-ring (bicyclic) bond motifs is 2. The van der Waals surface area contributed by atoms with Crippen LogP contribution < -0.4 is 0 Å². The van der Waals surface area contributed by atoms with Gasteiger partial charge >= 0.3 is 0 Å². The molecule has 18 heavy (non-hydrogen) atoms. The van der Waals surface area contributed by atoms with Gasteiger partial charge in [-0.3, -0.25) is 9.59 Å². The topological polar surface area (TPSA) is 34.1 Å². The van der Waals surface area contributed by atoms with E-state index in [2.05, 4.69) is 0 Å². The fourth-order valence-corrected chi connectivity index (χ4v) is 2.39. The second kappa shape index (κ2) is 3.75. The van der Waals surface area contributed by atoms with Crippen LogP contribution in [0.25, 0.3) is 0 Å². The molecule has 0 bridgehead atoms. The van der Waals surface area contributed by atoms with Gasteiger partial charge in [-0.05, 0) is 12.1 Å². The molecule has 2 nitrogen and oxygen atoms in total. The Hall–Kier alpha value is -2.00. The van der Waals surface area contributed by atoms with Crippen molar-refractivity contribution in [1.82, 2.24) is 0 Å². The molecule has 3 rings (SSSR count). The molecule has 0 radical (unpaired) electrons. The fraction of sp³-hybridized carbons (Fsp3) is 0. The molecule has 88 valence electrons. The lowest BCUT2D eigenvalue weighted by atomic mass is 9.84. The van der Waals surface area contributed by atoms with E-state index in [1.165, 1.54) is 12.1 Å². The Kier molecular flexibility index (Phi) is 2.31. The Bertz CT molecular complexity index is 647. The van der Waals surface area contributed by atoms with Gasteiger partial charge in [0.2, 0.25) is 0 Å². The Morgan fingerprint density at radius 3 is 2.00 bits per heavy atom. The predicted octanol–water partition coefficient (Wildman–Crippen LogP) is 3.25. The minimum atomic E-state index is -0.720. The van der Waals surface area contributed by atoms with Crippen molar-refractivity contribution < 1.29 is 14.0 Å². The fourth-order valence-electron chi connectivity index (χ4n) is 2.14. The van der Waals surface area contributed by atoms with E-state index in [0.29, 0.717) is 0 Å². The zero-order chi connectivity index (χ0) is 12.9. The summed E-state index contributed by atoms with van der Waals surface area (Å²) in [5, 5.41) is 0.0965. The number of hydrogen-bond acceptors (Lipinski definition) is 2. The minimum absolute atomic E-state index is 0.0413. The van der Waals surface area contributed by atoms with Gasteiger partial charge in [-0.2, -0.15) is 0 Å². The van der Waals surface area contributed by atoms with Gasteiger partial charge in [0.25, 0.3) is 0 Å². The zero-order valence-electron chi connectivity index (χ0n) is 9.04. The van der Waals surface area contributed by atoms with Crippen molar-refractivity contribution in [2.24, 2.45) is 0 Å². The molecule has 0 aliphatic heterocycles. The summed E-state index contributed by atoms with van der Waals surface area (Å²) < 4.78 is 13.7. The lowest BCUT2D eigenvalue weighted by molar-refractivity contribution is 0.0976. The standard InChI is InChI=1S/C14H6ClFO2/c15-9-5-6-10(16)12-11(9)13(17)7-3-1-2-4-8(7)14(12)18/h1-6H. The van der Waals surface area contributed by atoms with E-state index in [-0.39, 0.29) is 27.3 Å². The molecule has 4 heteroatoms. The Labute approximate surface area is 107 Å². The van der Waals surface area contributed by atoms with Crippen molar-refractivity contribution in [3.63, 3.8) is 0 Å². The maximum Gasteiger partial charge on any atom is 0.197 e. The van der Waals surface area contributed by atoms with Gasteiger partial charge in [0, 0.05) is 11.1 Å².